The molecule has 0 aliphatic heterocycles. The average molecular weight is 258 g/mol. The van der Waals surface area contributed by atoms with Gasteiger partial charge in [-0.15, -0.1) is 0 Å². The monoisotopic (exact) mass is 258 g/mol. The van der Waals surface area contributed by atoms with E-state index in [2.05, 4.69) is 0 Å². The number of fused-ring (bicyclic) bond motifs is 1. The van der Waals surface area contributed by atoms with Gasteiger partial charge in [-0.25, -0.2) is 4.79 Å². The average Bonchev–Trinajstić information content (AvgIpc) is 3.20. The molecule has 19 heavy (non-hydrogen) atoms. The highest BCUT2D eigenvalue weighted by atomic mass is 16.5. The molecule has 2 aromatic rings. The molecule has 1 heterocycles. The van der Waals surface area contributed by atoms with E-state index in [4.69, 9.17) is 9.15 Å². The number of carbonyl (C=O) groups is 1. The van der Waals surface area contributed by atoms with E-state index in [1.165, 1.54) is 25.3 Å². The lowest BCUT2D eigenvalue weighted by molar-refractivity contribution is 0.101. The molecule has 0 amide bonds. The molecule has 1 aromatic heterocycles. The molecule has 0 saturated heterocycles. The van der Waals surface area contributed by atoms with Crippen molar-refractivity contribution in [3.8, 4) is 5.75 Å². The van der Waals surface area contributed by atoms with Crippen LogP contribution in [0.2, 0.25) is 0 Å². The number of hydrogen-bond acceptors (Lipinski definition) is 4. The van der Waals surface area contributed by atoms with Crippen LogP contribution in [0, 0.1) is 0 Å². The first-order valence-corrected chi connectivity index (χ1v) is 6.27. The number of carbonyl (C=O) groups excluding carboxylic acids is 1. The Balaban J connectivity index is 2.30. The van der Waals surface area contributed by atoms with Gasteiger partial charge in [-0.3, -0.25) is 4.79 Å². The van der Waals surface area contributed by atoms with E-state index in [0.717, 1.165) is 5.39 Å². The molecule has 1 aliphatic rings. The van der Waals surface area contributed by atoms with Gasteiger partial charge in [0.1, 0.15) is 5.56 Å². The number of benzene rings is 1. The van der Waals surface area contributed by atoms with Crippen molar-refractivity contribution < 1.29 is 13.9 Å². The van der Waals surface area contributed by atoms with E-state index in [0.29, 0.717) is 17.3 Å². The van der Waals surface area contributed by atoms with Gasteiger partial charge in [0.25, 0.3) is 0 Å². The van der Waals surface area contributed by atoms with E-state index in [1.807, 2.05) is 12.1 Å². The van der Waals surface area contributed by atoms with E-state index < -0.39 is 5.63 Å². The molecule has 0 unspecified atom stereocenters. The summed E-state index contributed by atoms with van der Waals surface area (Å²) in [7, 11) is 1.55. The number of ether oxygens (including phenoxy) is 1. The fraction of sp³-hybridized carbons (Fsp3) is 0.333. The Morgan fingerprint density at radius 1 is 1.32 bits per heavy atom. The van der Waals surface area contributed by atoms with Crippen LogP contribution in [0.3, 0.4) is 0 Å². The van der Waals surface area contributed by atoms with Gasteiger partial charge < -0.3 is 9.15 Å². The minimum absolute atomic E-state index is 0.0856. The minimum atomic E-state index is -0.613. The van der Waals surface area contributed by atoms with Gasteiger partial charge in [-0.2, -0.15) is 0 Å². The van der Waals surface area contributed by atoms with Crippen molar-refractivity contribution in [3.05, 3.63) is 39.7 Å². The highest BCUT2D eigenvalue weighted by Gasteiger charge is 2.25. The van der Waals surface area contributed by atoms with Crippen LogP contribution in [0.15, 0.2) is 27.4 Å². The normalized spacial score (nSPS) is 14.6. The lowest BCUT2D eigenvalue weighted by atomic mass is 10.1. The van der Waals surface area contributed by atoms with Crippen LogP contribution in [0.25, 0.3) is 11.0 Å². The molecule has 1 saturated carbocycles. The fourth-order valence-corrected chi connectivity index (χ4v) is 2.27. The zero-order chi connectivity index (χ0) is 13.6. The largest absolute Gasteiger partial charge is 0.493 e. The van der Waals surface area contributed by atoms with Crippen LogP contribution in [-0.4, -0.2) is 12.9 Å². The Labute approximate surface area is 110 Å². The van der Waals surface area contributed by atoms with Crippen molar-refractivity contribution in [1.29, 1.82) is 0 Å². The van der Waals surface area contributed by atoms with Gasteiger partial charge in [0.2, 0.25) is 0 Å². The standard InChI is InChI=1S/C15H14O4/c1-8(16)12-6-11-5-10(9-3-4-9)7-13(18-2)14(11)19-15(12)17/h5-7,9H,3-4H2,1-2H3. The first kappa shape index (κ1) is 12.0. The van der Waals surface area contributed by atoms with Gasteiger partial charge in [-0.05, 0) is 49.4 Å². The Morgan fingerprint density at radius 2 is 2.05 bits per heavy atom. The van der Waals surface area contributed by atoms with Crippen LogP contribution in [0.5, 0.6) is 5.75 Å². The molecule has 1 aromatic carbocycles. The Hall–Kier alpha value is -2.10. The predicted molar refractivity (Wildman–Crippen MR) is 71.0 cm³/mol. The summed E-state index contributed by atoms with van der Waals surface area (Å²) in [5, 5.41) is 0.742. The Morgan fingerprint density at radius 3 is 2.63 bits per heavy atom. The molecule has 1 fully saturated rings. The lowest BCUT2D eigenvalue weighted by Gasteiger charge is -2.08. The zero-order valence-electron chi connectivity index (χ0n) is 10.9. The number of hydrogen-bond donors (Lipinski definition) is 0. The molecule has 3 rings (SSSR count). The first-order chi connectivity index (χ1) is 9.10. The molecule has 0 atom stereocenters. The van der Waals surface area contributed by atoms with Crippen LogP contribution in [-0.2, 0) is 0 Å². The Bertz CT molecular complexity index is 723. The van der Waals surface area contributed by atoms with Crippen molar-refractivity contribution >= 4 is 16.8 Å². The summed E-state index contributed by atoms with van der Waals surface area (Å²) in [6, 6.07) is 5.49. The number of rotatable bonds is 3. The summed E-state index contributed by atoms with van der Waals surface area (Å²) in [6.45, 7) is 1.36. The summed E-state index contributed by atoms with van der Waals surface area (Å²) in [4.78, 5) is 23.1. The van der Waals surface area contributed by atoms with Crippen molar-refractivity contribution in [2.45, 2.75) is 25.7 Å². The summed E-state index contributed by atoms with van der Waals surface area (Å²) in [5.41, 5.74) is 1.05. The molecule has 0 spiro atoms. The SMILES string of the molecule is COc1cc(C2CC2)cc2cc(C(C)=O)c(=O)oc12. The topological polar surface area (TPSA) is 56.5 Å². The second kappa shape index (κ2) is 4.23. The van der Waals surface area contributed by atoms with Crippen molar-refractivity contribution in [2.75, 3.05) is 7.11 Å². The second-order valence-corrected chi connectivity index (χ2v) is 4.92. The van der Waals surface area contributed by atoms with E-state index in [1.54, 1.807) is 13.2 Å². The third-order valence-corrected chi connectivity index (χ3v) is 3.47. The van der Waals surface area contributed by atoms with Gasteiger partial charge in [0, 0.05) is 5.39 Å². The van der Waals surface area contributed by atoms with Crippen LogP contribution in [0.4, 0.5) is 0 Å². The van der Waals surface area contributed by atoms with E-state index >= 15 is 0 Å². The summed E-state index contributed by atoms with van der Waals surface area (Å²) in [6.07, 6.45) is 2.34. The predicted octanol–water partition coefficient (Wildman–Crippen LogP) is 2.88. The second-order valence-electron chi connectivity index (χ2n) is 4.92. The highest BCUT2D eigenvalue weighted by Crippen LogP contribution is 2.43. The zero-order valence-corrected chi connectivity index (χ0v) is 10.9. The molecule has 1 aliphatic carbocycles. The molecule has 0 bridgehead atoms. The fourth-order valence-electron chi connectivity index (χ4n) is 2.27. The number of methoxy groups -OCH3 is 1. The summed E-state index contributed by atoms with van der Waals surface area (Å²) >= 11 is 0. The quantitative estimate of drug-likeness (QED) is 0.627. The molecule has 0 N–H and O–H groups in total. The summed E-state index contributed by atoms with van der Waals surface area (Å²) < 4.78 is 10.5. The van der Waals surface area contributed by atoms with Gasteiger partial charge in [-0.1, -0.05) is 0 Å². The van der Waals surface area contributed by atoms with Gasteiger partial charge in [0.05, 0.1) is 7.11 Å². The maximum atomic E-state index is 11.7. The number of Topliss-reactive ketones (excluding diaryl/α,β-unsaturated/α-hetero) is 1. The van der Waals surface area contributed by atoms with E-state index in [-0.39, 0.29) is 11.3 Å². The van der Waals surface area contributed by atoms with E-state index in [9.17, 15) is 9.59 Å². The molecule has 4 nitrogen and oxygen atoms in total. The third kappa shape index (κ3) is 2.03. The van der Waals surface area contributed by atoms with Crippen LogP contribution >= 0.6 is 0 Å². The molecule has 4 heteroatoms. The molecular weight excluding hydrogens is 244 g/mol. The van der Waals surface area contributed by atoms with Crippen molar-refractivity contribution in [1.82, 2.24) is 0 Å². The minimum Gasteiger partial charge on any atom is -0.493 e. The maximum Gasteiger partial charge on any atom is 0.347 e. The molecular formula is C15H14O4. The molecule has 98 valence electrons. The smallest absolute Gasteiger partial charge is 0.347 e. The maximum absolute atomic E-state index is 11.7. The number of ketones is 1. The van der Waals surface area contributed by atoms with Crippen LogP contribution in [0.1, 0.15) is 41.6 Å². The lowest BCUT2D eigenvalue weighted by Crippen LogP contribution is -2.11. The van der Waals surface area contributed by atoms with Gasteiger partial charge in [0.15, 0.2) is 17.1 Å². The third-order valence-electron chi connectivity index (χ3n) is 3.47. The Kier molecular flexibility index (Phi) is 2.66. The summed E-state index contributed by atoms with van der Waals surface area (Å²) in [5.74, 6) is 0.823. The van der Waals surface area contributed by atoms with Gasteiger partial charge >= 0.3 is 5.63 Å². The van der Waals surface area contributed by atoms with Crippen molar-refractivity contribution in [2.24, 2.45) is 0 Å². The van der Waals surface area contributed by atoms with Crippen molar-refractivity contribution in [3.63, 3.8) is 0 Å². The highest BCUT2D eigenvalue weighted by molar-refractivity contribution is 5.97. The molecule has 0 radical (unpaired) electrons. The first-order valence-electron chi connectivity index (χ1n) is 6.27. The van der Waals surface area contributed by atoms with Crippen LogP contribution < -0.4 is 10.4 Å².